The molecule has 0 fully saturated rings. The van der Waals surface area contributed by atoms with Gasteiger partial charge in [-0.2, -0.15) is 0 Å². The third kappa shape index (κ3) is 4.07. The number of benzene rings is 1. The Morgan fingerprint density at radius 1 is 1.31 bits per heavy atom. The van der Waals surface area contributed by atoms with Crippen LogP contribution in [0.4, 0.5) is 0 Å². The van der Waals surface area contributed by atoms with Crippen molar-refractivity contribution < 1.29 is 4.74 Å². The highest BCUT2D eigenvalue weighted by Crippen LogP contribution is 2.12. The lowest BCUT2D eigenvalue weighted by Crippen LogP contribution is -2.17. The Hall–Kier alpha value is -1.28. The van der Waals surface area contributed by atoms with E-state index in [1.807, 2.05) is 0 Å². The Kier molecular flexibility index (Phi) is 5.65. The second kappa shape index (κ2) is 7.07. The first kappa shape index (κ1) is 12.8. The van der Waals surface area contributed by atoms with Gasteiger partial charge in [-0.05, 0) is 43.5 Å². The topological polar surface area (TPSA) is 21.3 Å². The molecule has 0 saturated carbocycles. The molecule has 0 aliphatic heterocycles. The summed E-state index contributed by atoms with van der Waals surface area (Å²) in [6.45, 7) is 10.5. The molecule has 2 nitrogen and oxygen atoms in total. The van der Waals surface area contributed by atoms with Gasteiger partial charge < -0.3 is 10.1 Å². The van der Waals surface area contributed by atoms with Crippen molar-refractivity contribution in [2.75, 3.05) is 13.2 Å². The maximum absolute atomic E-state index is 5.06. The molecule has 0 radical (unpaired) electrons. The normalized spacial score (nSPS) is 10.1. The summed E-state index contributed by atoms with van der Waals surface area (Å²) in [5.74, 6) is 0. The molecule has 0 heterocycles. The van der Waals surface area contributed by atoms with E-state index in [4.69, 9.17) is 4.74 Å². The number of ether oxygens (including phenoxy) is 1. The van der Waals surface area contributed by atoms with Crippen LogP contribution in [0.3, 0.4) is 0 Å². The van der Waals surface area contributed by atoms with Gasteiger partial charge in [-0.15, -0.1) is 0 Å². The van der Waals surface area contributed by atoms with E-state index in [2.05, 4.69) is 43.9 Å². The third-order valence-corrected chi connectivity index (χ3v) is 2.68. The van der Waals surface area contributed by atoms with Crippen LogP contribution >= 0.6 is 0 Å². The summed E-state index contributed by atoms with van der Waals surface area (Å²) in [6.07, 6.45) is 2.50. The van der Waals surface area contributed by atoms with Crippen LogP contribution in [0.2, 0.25) is 0 Å². The molecular formula is C14H21NO. The molecule has 0 spiro atoms. The SMILES string of the molecule is C=COCCCNCc1c(C)cccc1C. The lowest BCUT2D eigenvalue weighted by Gasteiger charge is -2.10. The van der Waals surface area contributed by atoms with Gasteiger partial charge in [0.25, 0.3) is 0 Å². The van der Waals surface area contributed by atoms with Gasteiger partial charge in [0.05, 0.1) is 12.9 Å². The van der Waals surface area contributed by atoms with E-state index < -0.39 is 0 Å². The summed E-state index contributed by atoms with van der Waals surface area (Å²) in [5, 5.41) is 3.43. The minimum absolute atomic E-state index is 0.739. The second-order valence-electron chi connectivity index (χ2n) is 3.94. The van der Waals surface area contributed by atoms with E-state index in [1.165, 1.54) is 23.0 Å². The monoisotopic (exact) mass is 219 g/mol. The number of aryl methyl sites for hydroxylation is 2. The molecule has 0 aliphatic rings. The first-order valence-corrected chi connectivity index (χ1v) is 5.74. The van der Waals surface area contributed by atoms with Crippen LogP contribution in [0.25, 0.3) is 0 Å². The van der Waals surface area contributed by atoms with Gasteiger partial charge in [0.1, 0.15) is 0 Å². The fraction of sp³-hybridized carbons (Fsp3) is 0.429. The highest BCUT2D eigenvalue weighted by Gasteiger charge is 2.00. The van der Waals surface area contributed by atoms with Gasteiger partial charge in [-0.3, -0.25) is 0 Å². The van der Waals surface area contributed by atoms with Crippen LogP contribution in [0, 0.1) is 13.8 Å². The third-order valence-electron chi connectivity index (χ3n) is 2.68. The van der Waals surface area contributed by atoms with E-state index in [0.717, 1.165) is 26.1 Å². The summed E-state index contributed by atoms with van der Waals surface area (Å²) in [4.78, 5) is 0. The quantitative estimate of drug-likeness (QED) is 0.562. The molecule has 1 aromatic carbocycles. The van der Waals surface area contributed by atoms with Crippen LogP contribution < -0.4 is 5.32 Å². The zero-order valence-corrected chi connectivity index (χ0v) is 10.3. The first-order chi connectivity index (χ1) is 7.75. The van der Waals surface area contributed by atoms with Gasteiger partial charge in [0.2, 0.25) is 0 Å². The molecule has 0 atom stereocenters. The Labute approximate surface area is 98.3 Å². The average molecular weight is 219 g/mol. The summed E-state index contributed by atoms with van der Waals surface area (Å²) in [7, 11) is 0. The molecule has 1 rings (SSSR count). The molecule has 1 aromatic rings. The van der Waals surface area contributed by atoms with Gasteiger partial charge in [0.15, 0.2) is 0 Å². The van der Waals surface area contributed by atoms with E-state index >= 15 is 0 Å². The zero-order chi connectivity index (χ0) is 11.8. The minimum Gasteiger partial charge on any atom is -0.502 e. The summed E-state index contributed by atoms with van der Waals surface area (Å²) >= 11 is 0. The highest BCUT2D eigenvalue weighted by atomic mass is 16.5. The van der Waals surface area contributed by atoms with Crippen LogP contribution in [-0.4, -0.2) is 13.2 Å². The zero-order valence-electron chi connectivity index (χ0n) is 10.3. The van der Waals surface area contributed by atoms with E-state index in [0.29, 0.717) is 0 Å². The molecule has 0 amide bonds. The van der Waals surface area contributed by atoms with Gasteiger partial charge in [-0.1, -0.05) is 24.8 Å². The fourth-order valence-corrected chi connectivity index (χ4v) is 1.71. The van der Waals surface area contributed by atoms with Crippen LogP contribution in [0.1, 0.15) is 23.1 Å². The number of hydrogen-bond acceptors (Lipinski definition) is 2. The van der Waals surface area contributed by atoms with Gasteiger partial charge in [-0.25, -0.2) is 0 Å². The van der Waals surface area contributed by atoms with Crippen molar-refractivity contribution in [2.45, 2.75) is 26.8 Å². The number of hydrogen-bond donors (Lipinski definition) is 1. The second-order valence-corrected chi connectivity index (χ2v) is 3.94. The molecular weight excluding hydrogens is 198 g/mol. The van der Waals surface area contributed by atoms with E-state index in [1.54, 1.807) is 0 Å². The summed E-state index contributed by atoms with van der Waals surface area (Å²) in [6, 6.07) is 6.42. The van der Waals surface area contributed by atoms with Crippen LogP contribution in [-0.2, 0) is 11.3 Å². The molecule has 2 heteroatoms. The van der Waals surface area contributed by atoms with E-state index in [9.17, 15) is 0 Å². The Balaban J connectivity index is 2.29. The highest BCUT2D eigenvalue weighted by molar-refractivity contribution is 5.33. The Morgan fingerprint density at radius 2 is 2.00 bits per heavy atom. The van der Waals surface area contributed by atoms with Gasteiger partial charge in [0, 0.05) is 6.54 Å². The van der Waals surface area contributed by atoms with Crippen molar-refractivity contribution >= 4 is 0 Å². The molecule has 0 bridgehead atoms. The molecule has 1 N–H and O–H groups in total. The fourth-order valence-electron chi connectivity index (χ4n) is 1.71. The van der Waals surface area contributed by atoms with Crippen molar-refractivity contribution in [3.63, 3.8) is 0 Å². The maximum Gasteiger partial charge on any atom is 0.0885 e. The number of nitrogens with one attached hydrogen (secondary N) is 1. The minimum atomic E-state index is 0.739. The molecule has 0 unspecified atom stereocenters. The molecule has 0 saturated heterocycles. The summed E-state index contributed by atoms with van der Waals surface area (Å²) < 4.78 is 5.06. The van der Waals surface area contributed by atoms with Crippen molar-refractivity contribution in [3.8, 4) is 0 Å². The van der Waals surface area contributed by atoms with Crippen molar-refractivity contribution in [2.24, 2.45) is 0 Å². The maximum atomic E-state index is 5.06. The van der Waals surface area contributed by atoms with Crippen molar-refractivity contribution in [3.05, 3.63) is 47.7 Å². The molecule has 0 aromatic heterocycles. The largest absolute Gasteiger partial charge is 0.502 e. The van der Waals surface area contributed by atoms with Crippen LogP contribution in [0.15, 0.2) is 31.0 Å². The average Bonchev–Trinajstić information content (AvgIpc) is 2.26. The lowest BCUT2D eigenvalue weighted by atomic mass is 10.0. The first-order valence-electron chi connectivity index (χ1n) is 5.74. The molecule has 0 aliphatic carbocycles. The standard InChI is InChI=1S/C14H21NO/c1-4-16-10-6-9-15-11-14-12(2)7-5-8-13(14)3/h4-5,7-8,15H,1,6,9-11H2,2-3H3. The predicted octanol–water partition coefficient (Wildman–Crippen LogP) is 2.94. The summed E-state index contributed by atoms with van der Waals surface area (Å²) in [5.41, 5.74) is 4.12. The Morgan fingerprint density at radius 3 is 2.62 bits per heavy atom. The van der Waals surface area contributed by atoms with Crippen molar-refractivity contribution in [1.29, 1.82) is 0 Å². The van der Waals surface area contributed by atoms with Crippen LogP contribution in [0.5, 0.6) is 0 Å². The number of rotatable bonds is 7. The predicted molar refractivity (Wildman–Crippen MR) is 68.4 cm³/mol. The van der Waals surface area contributed by atoms with Crippen molar-refractivity contribution in [1.82, 2.24) is 5.32 Å². The molecule has 16 heavy (non-hydrogen) atoms. The lowest BCUT2D eigenvalue weighted by molar-refractivity contribution is 0.244. The van der Waals surface area contributed by atoms with Gasteiger partial charge >= 0.3 is 0 Å². The molecule has 88 valence electrons. The Bertz CT molecular complexity index is 313. The van der Waals surface area contributed by atoms with E-state index in [-0.39, 0.29) is 0 Å². The smallest absolute Gasteiger partial charge is 0.0885 e.